The SMILES string of the molecule is C[B][C-](C)CC.P.[W].[Y]. The van der Waals surface area contributed by atoms with Crippen LogP contribution in [0.4, 0.5) is 0 Å². The molecular formula is C5H14BPWY-. The zero-order valence-electron chi connectivity index (χ0n) is 6.48. The second kappa shape index (κ2) is 16.7. The largest absolute Gasteiger partial charge is 0.347 e. The van der Waals surface area contributed by atoms with E-state index in [4.69, 9.17) is 0 Å². The normalized spacial score (nSPS) is 6.22. The van der Waals surface area contributed by atoms with Crippen molar-refractivity contribution in [2.45, 2.75) is 27.1 Å². The molecule has 0 nitrogen and oxygen atoms in total. The molecule has 0 saturated heterocycles. The summed E-state index contributed by atoms with van der Waals surface area (Å²) in [5, 5.41) is 0. The van der Waals surface area contributed by atoms with Crippen LogP contribution in [0.25, 0.3) is 0 Å². The molecule has 4 heteroatoms. The fraction of sp³-hybridized carbons (Fsp3) is 0.800. The molecule has 1 atom stereocenters. The first-order valence-electron chi connectivity index (χ1n) is 2.43. The van der Waals surface area contributed by atoms with E-state index >= 15 is 0 Å². The summed E-state index contributed by atoms with van der Waals surface area (Å²) < 4.78 is 0. The van der Waals surface area contributed by atoms with E-state index in [0.29, 0.717) is 0 Å². The van der Waals surface area contributed by atoms with Gasteiger partial charge in [-0.05, 0) is 0 Å². The van der Waals surface area contributed by atoms with Gasteiger partial charge in [0.2, 0.25) is 0 Å². The fourth-order valence-corrected chi connectivity index (χ4v) is 0.204. The van der Waals surface area contributed by atoms with Crippen LogP contribution < -0.4 is 0 Å². The van der Waals surface area contributed by atoms with E-state index in [-0.39, 0.29) is 63.7 Å². The zero-order chi connectivity index (χ0) is 4.99. The Balaban J connectivity index is -0.0000000417. The van der Waals surface area contributed by atoms with Crippen molar-refractivity contribution in [2.75, 3.05) is 0 Å². The minimum absolute atomic E-state index is 0. The van der Waals surface area contributed by atoms with Crippen molar-refractivity contribution in [1.82, 2.24) is 0 Å². The summed E-state index contributed by atoms with van der Waals surface area (Å²) in [4.78, 5) is 0. The van der Waals surface area contributed by atoms with Crippen LogP contribution in [0, 0.1) is 5.82 Å². The van der Waals surface area contributed by atoms with Gasteiger partial charge in [-0.2, -0.15) is 23.2 Å². The van der Waals surface area contributed by atoms with Gasteiger partial charge in [-0.3, -0.25) is 0 Å². The molecule has 52 valence electrons. The number of rotatable bonds is 2. The molecule has 0 aromatic carbocycles. The summed E-state index contributed by atoms with van der Waals surface area (Å²) in [5.74, 6) is 1.47. The summed E-state index contributed by atoms with van der Waals surface area (Å²) in [6.45, 7) is 6.37. The Kier molecular flexibility index (Phi) is 41.8. The van der Waals surface area contributed by atoms with Crippen LogP contribution in [0.5, 0.6) is 0 Å². The molecule has 0 N–H and O–H groups in total. The Hall–Kier alpha value is 2.29. The van der Waals surface area contributed by atoms with Gasteiger partial charge in [-0.15, -0.1) is 6.82 Å². The van der Waals surface area contributed by atoms with Crippen LogP contribution >= 0.6 is 9.90 Å². The molecule has 0 rings (SSSR count). The average molecular weight is 389 g/mol. The number of hydrogen-bond acceptors (Lipinski definition) is 0. The van der Waals surface area contributed by atoms with Crippen molar-refractivity contribution in [3.8, 4) is 0 Å². The number of hydrogen-bond donors (Lipinski definition) is 0. The third-order valence-electron chi connectivity index (χ3n) is 1.05. The fourth-order valence-electron chi connectivity index (χ4n) is 0.204. The molecule has 0 heterocycles. The van der Waals surface area contributed by atoms with E-state index in [2.05, 4.69) is 28.0 Å². The molecule has 0 aromatic rings. The smallest absolute Gasteiger partial charge is 0 e. The van der Waals surface area contributed by atoms with Gasteiger partial charge in [0.05, 0.1) is 0 Å². The topological polar surface area (TPSA) is 0 Å². The third kappa shape index (κ3) is 17.9. The standard InChI is InChI=1S/C5H11B.H3P.W.Y/c1-4-5(2)6-3;;;/h4H2,1-3H3;1H3;;/q-1;;;. The van der Waals surface area contributed by atoms with Crippen LogP contribution in [-0.4, -0.2) is 7.28 Å². The van der Waals surface area contributed by atoms with E-state index in [1.165, 1.54) is 12.2 Å². The Labute approximate surface area is 103 Å². The molecule has 0 aromatic heterocycles. The van der Waals surface area contributed by atoms with Crippen LogP contribution in [0.2, 0.25) is 6.82 Å². The molecule has 0 fully saturated rings. The average Bonchev–Trinajstić information content (AvgIpc) is 1.65. The summed E-state index contributed by atoms with van der Waals surface area (Å²) in [5.41, 5.74) is 0. The quantitative estimate of drug-likeness (QED) is 0.384. The summed E-state index contributed by atoms with van der Waals surface area (Å²) >= 11 is 0. The Morgan fingerprint density at radius 1 is 1.44 bits per heavy atom. The maximum Gasteiger partial charge on any atom is 0 e. The van der Waals surface area contributed by atoms with Crippen LogP contribution in [0.1, 0.15) is 20.3 Å². The van der Waals surface area contributed by atoms with Gasteiger partial charge in [0.1, 0.15) is 0 Å². The molecule has 0 spiro atoms. The molecular weight excluding hydrogens is 375 g/mol. The molecule has 0 aliphatic carbocycles. The van der Waals surface area contributed by atoms with Crippen LogP contribution in [0.15, 0.2) is 0 Å². The van der Waals surface area contributed by atoms with Gasteiger partial charge in [0, 0.05) is 53.8 Å². The Morgan fingerprint density at radius 3 is 1.78 bits per heavy atom. The summed E-state index contributed by atoms with van der Waals surface area (Å²) in [6.07, 6.45) is 1.19. The molecule has 9 heavy (non-hydrogen) atoms. The van der Waals surface area contributed by atoms with Gasteiger partial charge in [-0.1, -0.05) is 14.2 Å². The first-order valence-corrected chi connectivity index (χ1v) is 2.43. The summed E-state index contributed by atoms with van der Waals surface area (Å²) in [6, 6.07) is 0. The van der Waals surface area contributed by atoms with Gasteiger partial charge >= 0.3 is 0 Å². The first-order chi connectivity index (χ1) is 2.81. The minimum atomic E-state index is 0. The van der Waals surface area contributed by atoms with E-state index in [1.54, 1.807) is 0 Å². The Morgan fingerprint density at radius 2 is 1.78 bits per heavy atom. The van der Waals surface area contributed by atoms with Crippen molar-refractivity contribution >= 4 is 17.2 Å². The van der Waals surface area contributed by atoms with Crippen molar-refractivity contribution in [3.63, 3.8) is 0 Å². The maximum atomic E-state index is 2.16. The first kappa shape index (κ1) is 22.5. The van der Waals surface area contributed by atoms with E-state index in [0.717, 1.165) is 0 Å². The van der Waals surface area contributed by atoms with Crippen molar-refractivity contribution in [1.29, 1.82) is 0 Å². The molecule has 2 radical (unpaired) electrons. The zero-order valence-corrected chi connectivity index (χ0v) is 13.7. The van der Waals surface area contributed by atoms with E-state index < -0.39 is 0 Å². The monoisotopic (exact) mass is 389 g/mol. The predicted octanol–water partition coefficient (Wildman–Crippen LogP) is 1.75. The van der Waals surface area contributed by atoms with Crippen LogP contribution in [0.3, 0.4) is 0 Å². The van der Waals surface area contributed by atoms with E-state index in [9.17, 15) is 0 Å². The molecule has 0 aliphatic rings. The molecule has 1 unspecified atom stereocenters. The predicted molar refractivity (Wildman–Crippen MR) is 41.9 cm³/mol. The second-order valence-corrected chi connectivity index (χ2v) is 1.49. The van der Waals surface area contributed by atoms with E-state index in [1.807, 2.05) is 0 Å². The minimum Gasteiger partial charge on any atom is -0.347 e. The second-order valence-electron chi connectivity index (χ2n) is 1.49. The van der Waals surface area contributed by atoms with Gasteiger partial charge in [-0.25, -0.2) is 0 Å². The van der Waals surface area contributed by atoms with Crippen molar-refractivity contribution < 1.29 is 53.8 Å². The maximum absolute atomic E-state index is 2.16. The Bertz CT molecular complexity index is 36.1. The summed E-state index contributed by atoms with van der Waals surface area (Å²) in [7, 11) is 2.14. The molecule has 0 amide bonds. The van der Waals surface area contributed by atoms with Gasteiger partial charge in [0.25, 0.3) is 0 Å². The molecule has 0 aliphatic heterocycles. The van der Waals surface area contributed by atoms with Gasteiger partial charge in [0.15, 0.2) is 0 Å². The molecule has 0 bridgehead atoms. The molecule has 0 saturated carbocycles. The van der Waals surface area contributed by atoms with Crippen LogP contribution in [-0.2, 0) is 53.8 Å². The van der Waals surface area contributed by atoms with Crippen molar-refractivity contribution in [2.24, 2.45) is 0 Å². The van der Waals surface area contributed by atoms with Gasteiger partial charge < -0.3 is 5.82 Å². The van der Waals surface area contributed by atoms with Crippen molar-refractivity contribution in [3.05, 3.63) is 5.82 Å². The third-order valence-corrected chi connectivity index (χ3v) is 1.05.